The number of aromatic amines is 1. The Labute approximate surface area is 239 Å². The number of para-hydroxylation sites is 1. The Morgan fingerprint density at radius 1 is 0.850 bits per heavy atom. The van der Waals surface area contributed by atoms with Gasteiger partial charge in [0.2, 0.25) is 11.8 Å². The molecule has 0 aliphatic rings. The number of H-pyrrole nitrogens is 1. The molecule has 2 amide bonds. The predicted octanol–water partition coefficient (Wildman–Crippen LogP) is 6.36. The monoisotopic (exact) mass is 549 g/mol. The number of amides is 2. The summed E-state index contributed by atoms with van der Waals surface area (Å²) >= 11 is 0. The minimum Gasteiger partial charge on any atom is -0.494 e. The van der Waals surface area contributed by atoms with Crippen LogP contribution in [0.1, 0.15) is 69.9 Å². The molecule has 218 valence electrons. The second kappa shape index (κ2) is 17.4. The zero-order chi connectivity index (χ0) is 28.6. The Kier molecular flexibility index (Phi) is 13.6. The molecule has 7 nitrogen and oxygen atoms in total. The van der Waals surface area contributed by atoms with E-state index in [4.69, 9.17) is 9.47 Å². The largest absolute Gasteiger partial charge is 0.494 e. The first-order valence-electron chi connectivity index (χ1n) is 14.9. The van der Waals surface area contributed by atoms with Crippen LogP contribution in [0.4, 0.5) is 0 Å². The molecule has 1 aromatic heterocycles. The highest BCUT2D eigenvalue weighted by Crippen LogP contribution is 2.20. The molecule has 7 heteroatoms. The van der Waals surface area contributed by atoms with Gasteiger partial charge < -0.3 is 24.3 Å². The molecule has 0 spiro atoms. The number of fused-ring (bicyclic) bond motifs is 1. The van der Waals surface area contributed by atoms with Gasteiger partial charge in [-0.05, 0) is 49.1 Å². The molecule has 3 rings (SSSR count). The van der Waals surface area contributed by atoms with Crippen LogP contribution < -0.4 is 4.74 Å². The van der Waals surface area contributed by atoms with Crippen LogP contribution in [0.15, 0.2) is 54.7 Å². The van der Waals surface area contributed by atoms with Crippen molar-refractivity contribution >= 4 is 22.7 Å². The predicted molar refractivity (Wildman–Crippen MR) is 161 cm³/mol. The van der Waals surface area contributed by atoms with Gasteiger partial charge in [-0.2, -0.15) is 0 Å². The molecule has 3 aromatic rings. The van der Waals surface area contributed by atoms with E-state index in [-0.39, 0.29) is 18.4 Å². The molecule has 1 N–H and O–H groups in total. The standard InChI is InChI=1S/C33H47N3O4/c1-4-6-7-8-9-10-15-32(37)36(22-23-39-3)26-33(38)35(25-27-16-18-29(19-17-27)40-5-2)21-20-28-24-34-31-14-12-11-13-30(28)31/h11-14,16-19,24,34H,4-10,15,20-23,25-26H2,1-3H3. The maximum atomic E-state index is 13.7. The van der Waals surface area contributed by atoms with Crippen molar-refractivity contribution in [3.8, 4) is 5.75 Å². The average Bonchev–Trinajstić information content (AvgIpc) is 3.39. The van der Waals surface area contributed by atoms with Crippen molar-refractivity contribution in [3.05, 3.63) is 65.9 Å². The molecule has 0 bridgehead atoms. The van der Waals surface area contributed by atoms with Crippen molar-refractivity contribution in [2.45, 2.75) is 71.8 Å². The minimum absolute atomic E-state index is 0.0264. The molecule has 0 aliphatic heterocycles. The summed E-state index contributed by atoms with van der Waals surface area (Å²) in [5.41, 5.74) is 3.29. The first-order chi connectivity index (χ1) is 19.5. The lowest BCUT2D eigenvalue weighted by molar-refractivity contribution is -0.141. The van der Waals surface area contributed by atoms with Gasteiger partial charge in [0.25, 0.3) is 0 Å². The van der Waals surface area contributed by atoms with Gasteiger partial charge in [0, 0.05) is 50.3 Å². The Morgan fingerprint density at radius 2 is 1.60 bits per heavy atom. The van der Waals surface area contributed by atoms with Crippen LogP contribution in [-0.2, 0) is 27.3 Å². The number of hydrogen-bond donors (Lipinski definition) is 1. The van der Waals surface area contributed by atoms with Crippen molar-refractivity contribution in [2.24, 2.45) is 0 Å². The summed E-state index contributed by atoms with van der Waals surface area (Å²) in [5.74, 6) is 0.786. The van der Waals surface area contributed by atoms with Crippen molar-refractivity contribution in [3.63, 3.8) is 0 Å². The van der Waals surface area contributed by atoms with E-state index in [0.29, 0.717) is 39.3 Å². The van der Waals surface area contributed by atoms with Crippen molar-refractivity contribution in [1.82, 2.24) is 14.8 Å². The molecular weight excluding hydrogens is 502 g/mol. The highest BCUT2D eigenvalue weighted by Gasteiger charge is 2.22. The molecule has 0 fully saturated rings. The quantitative estimate of drug-likeness (QED) is 0.177. The number of methoxy groups -OCH3 is 1. The zero-order valence-corrected chi connectivity index (χ0v) is 24.6. The number of rotatable bonds is 19. The molecule has 0 saturated heterocycles. The molecule has 0 aliphatic carbocycles. The number of carbonyl (C=O) groups is 2. The molecule has 40 heavy (non-hydrogen) atoms. The first-order valence-corrected chi connectivity index (χ1v) is 14.9. The summed E-state index contributed by atoms with van der Waals surface area (Å²) in [4.78, 5) is 33.7. The zero-order valence-electron chi connectivity index (χ0n) is 24.6. The van der Waals surface area contributed by atoms with Gasteiger partial charge in [0.05, 0.1) is 19.8 Å². The SMILES string of the molecule is CCCCCCCCC(=O)N(CCOC)CC(=O)N(CCc1c[nH]c2ccccc12)Cc1ccc(OCC)cc1. The van der Waals surface area contributed by atoms with E-state index in [2.05, 4.69) is 24.0 Å². The average molecular weight is 550 g/mol. The number of carbonyl (C=O) groups excluding carboxylic acids is 2. The van der Waals surface area contributed by atoms with E-state index < -0.39 is 0 Å². The highest BCUT2D eigenvalue weighted by molar-refractivity contribution is 5.85. The Balaban J connectivity index is 1.69. The van der Waals surface area contributed by atoms with E-state index in [1.165, 1.54) is 30.2 Å². The summed E-state index contributed by atoms with van der Waals surface area (Å²) in [6.07, 6.45) is 9.94. The van der Waals surface area contributed by atoms with Crippen LogP contribution in [0, 0.1) is 0 Å². The molecule has 0 saturated carbocycles. The van der Waals surface area contributed by atoms with Crippen LogP contribution in [0.5, 0.6) is 5.75 Å². The third-order valence-corrected chi connectivity index (χ3v) is 7.27. The van der Waals surface area contributed by atoms with Gasteiger partial charge in [0.1, 0.15) is 5.75 Å². The van der Waals surface area contributed by atoms with Crippen LogP contribution in [0.2, 0.25) is 0 Å². The van der Waals surface area contributed by atoms with Gasteiger partial charge in [-0.15, -0.1) is 0 Å². The molecule has 1 heterocycles. The summed E-state index contributed by atoms with van der Waals surface area (Å²) in [7, 11) is 1.62. The van der Waals surface area contributed by atoms with E-state index in [1.54, 1.807) is 12.0 Å². The van der Waals surface area contributed by atoms with E-state index in [1.807, 2.05) is 54.4 Å². The second-order valence-electron chi connectivity index (χ2n) is 10.3. The third-order valence-electron chi connectivity index (χ3n) is 7.27. The van der Waals surface area contributed by atoms with Crippen molar-refractivity contribution in [2.75, 3.05) is 40.0 Å². The molecule has 0 unspecified atom stereocenters. The number of unbranched alkanes of at least 4 members (excludes halogenated alkanes) is 5. The van der Waals surface area contributed by atoms with Gasteiger partial charge >= 0.3 is 0 Å². The highest BCUT2D eigenvalue weighted by atomic mass is 16.5. The molecule has 0 atom stereocenters. The number of nitrogens with zero attached hydrogens (tertiary/aromatic N) is 2. The Bertz CT molecular complexity index is 1160. The van der Waals surface area contributed by atoms with Crippen LogP contribution in [0.25, 0.3) is 10.9 Å². The number of aromatic nitrogens is 1. The molecular formula is C33H47N3O4. The lowest BCUT2D eigenvalue weighted by atomic mass is 10.1. The summed E-state index contributed by atoms with van der Waals surface area (Å²) in [5, 5.41) is 1.17. The third kappa shape index (κ3) is 10.0. The number of hydrogen-bond acceptors (Lipinski definition) is 4. The summed E-state index contributed by atoms with van der Waals surface area (Å²) in [6, 6.07) is 16.1. The van der Waals surface area contributed by atoms with Gasteiger partial charge in [-0.3, -0.25) is 9.59 Å². The first kappa shape index (κ1) is 31.2. The topological polar surface area (TPSA) is 74.9 Å². The minimum atomic E-state index is -0.0545. The fraction of sp³-hybridized carbons (Fsp3) is 0.515. The number of benzene rings is 2. The Morgan fingerprint density at radius 3 is 2.35 bits per heavy atom. The van der Waals surface area contributed by atoms with Crippen molar-refractivity contribution < 1.29 is 19.1 Å². The maximum absolute atomic E-state index is 13.7. The van der Waals surface area contributed by atoms with Crippen LogP contribution in [-0.4, -0.2) is 66.6 Å². The molecule has 2 aromatic carbocycles. The van der Waals surface area contributed by atoms with E-state index in [0.717, 1.165) is 42.5 Å². The van der Waals surface area contributed by atoms with E-state index >= 15 is 0 Å². The van der Waals surface area contributed by atoms with Crippen molar-refractivity contribution in [1.29, 1.82) is 0 Å². The van der Waals surface area contributed by atoms with E-state index in [9.17, 15) is 9.59 Å². The number of ether oxygens (including phenoxy) is 2. The van der Waals surface area contributed by atoms with Gasteiger partial charge in [-0.25, -0.2) is 0 Å². The summed E-state index contributed by atoms with van der Waals surface area (Å²) < 4.78 is 10.9. The van der Waals surface area contributed by atoms with Gasteiger partial charge in [-0.1, -0.05) is 69.4 Å². The fourth-order valence-corrected chi connectivity index (χ4v) is 4.94. The lowest BCUT2D eigenvalue weighted by Gasteiger charge is -2.28. The summed E-state index contributed by atoms with van der Waals surface area (Å²) in [6.45, 7) is 6.67. The fourth-order valence-electron chi connectivity index (χ4n) is 4.94. The normalized spacial score (nSPS) is 11.1. The maximum Gasteiger partial charge on any atom is 0.242 e. The number of nitrogens with one attached hydrogen (secondary N) is 1. The molecule has 0 radical (unpaired) electrons. The van der Waals surface area contributed by atoms with Crippen LogP contribution in [0.3, 0.4) is 0 Å². The smallest absolute Gasteiger partial charge is 0.242 e. The lowest BCUT2D eigenvalue weighted by Crippen LogP contribution is -2.44. The Hall–Kier alpha value is -3.32. The second-order valence-corrected chi connectivity index (χ2v) is 10.3. The van der Waals surface area contributed by atoms with Gasteiger partial charge in [0.15, 0.2) is 0 Å². The van der Waals surface area contributed by atoms with Crippen LogP contribution >= 0.6 is 0 Å².